The van der Waals surface area contributed by atoms with Crippen molar-refractivity contribution in [3.63, 3.8) is 0 Å². The van der Waals surface area contributed by atoms with Crippen LogP contribution >= 0.6 is 22.9 Å². The van der Waals surface area contributed by atoms with Gasteiger partial charge in [0.1, 0.15) is 10.6 Å². The van der Waals surface area contributed by atoms with E-state index in [0.29, 0.717) is 16.5 Å². The number of thiophene rings is 1. The second-order valence-electron chi connectivity index (χ2n) is 8.61. The number of carbonyl (C=O) groups is 2. The average Bonchev–Trinajstić information content (AvgIpc) is 3.04. The van der Waals surface area contributed by atoms with E-state index < -0.39 is 22.5 Å². The number of esters is 1. The van der Waals surface area contributed by atoms with Gasteiger partial charge in [0.05, 0.1) is 17.1 Å². The SMILES string of the molecule is CCOC(=O)c1c(NC(=O)c2ccc(Cl)cc2[N+](=O)[O-])sc2c1CC[C@H](C(C)(C)C)C2. The molecule has 2 aromatic rings. The Morgan fingerprint density at radius 1 is 1.35 bits per heavy atom. The van der Waals surface area contributed by atoms with Gasteiger partial charge in [0.2, 0.25) is 0 Å². The molecule has 1 aliphatic rings. The molecular formula is C22H25ClN2O5S. The van der Waals surface area contributed by atoms with Crippen molar-refractivity contribution in [1.82, 2.24) is 0 Å². The first kappa shape index (κ1) is 23.2. The first-order valence-electron chi connectivity index (χ1n) is 10.1. The van der Waals surface area contributed by atoms with Crippen LogP contribution < -0.4 is 5.32 Å². The monoisotopic (exact) mass is 464 g/mol. The van der Waals surface area contributed by atoms with Crippen LogP contribution in [-0.4, -0.2) is 23.4 Å². The molecule has 1 aliphatic carbocycles. The Kier molecular flexibility index (Phi) is 6.71. The van der Waals surface area contributed by atoms with Gasteiger partial charge >= 0.3 is 5.97 Å². The van der Waals surface area contributed by atoms with Crippen LogP contribution in [0.4, 0.5) is 10.7 Å². The molecule has 1 aromatic heterocycles. The van der Waals surface area contributed by atoms with Crippen LogP contribution in [0, 0.1) is 21.4 Å². The summed E-state index contributed by atoms with van der Waals surface area (Å²) in [6.45, 7) is 8.53. The predicted molar refractivity (Wildman–Crippen MR) is 121 cm³/mol. The number of nitro benzene ring substituents is 1. The van der Waals surface area contributed by atoms with E-state index in [4.69, 9.17) is 16.3 Å². The number of nitrogens with zero attached hydrogens (tertiary/aromatic N) is 1. The molecule has 0 fully saturated rings. The molecule has 0 radical (unpaired) electrons. The molecule has 0 aliphatic heterocycles. The van der Waals surface area contributed by atoms with Crippen LogP contribution in [0.2, 0.25) is 5.02 Å². The molecular weight excluding hydrogens is 440 g/mol. The summed E-state index contributed by atoms with van der Waals surface area (Å²) in [5, 5.41) is 14.6. The molecule has 166 valence electrons. The summed E-state index contributed by atoms with van der Waals surface area (Å²) < 4.78 is 5.24. The number of rotatable bonds is 5. The van der Waals surface area contributed by atoms with E-state index in [1.807, 2.05) is 0 Å². The number of ether oxygens (including phenoxy) is 1. The summed E-state index contributed by atoms with van der Waals surface area (Å²) >= 11 is 7.20. The van der Waals surface area contributed by atoms with Crippen molar-refractivity contribution in [1.29, 1.82) is 0 Å². The minimum atomic E-state index is -0.667. The molecule has 3 rings (SSSR count). The van der Waals surface area contributed by atoms with E-state index in [1.54, 1.807) is 6.92 Å². The van der Waals surface area contributed by atoms with E-state index in [1.165, 1.54) is 23.5 Å². The summed E-state index contributed by atoms with van der Waals surface area (Å²) in [6.07, 6.45) is 2.47. The molecule has 1 aromatic carbocycles. The lowest BCUT2D eigenvalue weighted by molar-refractivity contribution is -0.385. The van der Waals surface area contributed by atoms with Gasteiger partial charge in [0.15, 0.2) is 0 Å². The maximum atomic E-state index is 12.9. The van der Waals surface area contributed by atoms with Gasteiger partial charge in [0.25, 0.3) is 11.6 Å². The van der Waals surface area contributed by atoms with Crippen molar-refractivity contribution in [2.24, 2.45) is 11.3 Å². The molecule has 0 saturated carbocycles. The van der Waals surface area contributed by atoms with Crippen LogP contribution in [0.1, 0.15) is 65.3 Å². The Balaban J connectivity index is 2.00. The van der Waals surface area contributed by atoms with Gasteiger partial charge < -0.3 is 10.1 Å². The van der Waals surface area contributed by atoms with Crippen molar-refractivity contribution in [3.8, 4) is 0 Å². The highest BCUT2D eigenvalue weighted by Crippen LogP contribution is 2.44. The average molecular weight is 465 g/mol. The third-order valence-electron chi connectivity index (χ3n) is 5.60. The normalized spacial score (nSPS) is 15.8. The Morgan fingerprint density at radius 3 is 2.68 bits per heavy atom. The lowest BCUT2D eigenvalue weighted by atomic mass is 9.72. The second-order valence-corrected chi connectivity index (χ2v) is 10.1. The number of hydrogen-bond acceptors (Lipinski definition) is 6. The fraction of sp³-hybridized carbons (Fsp3) is 0.455. The maximum Gasteiger partial charge on any atom is 0.341 e. The number of benzene rings is 1. The topological polar surface area (TPSA) is 98.5 Å². The molecule has 1 amide bonds. The summed E-state index contributed by atoms with van der Waals surface area (Å²) in [5.41, 5.74) is 0.878. The third-order valence-corrected chi connectivity index (χ3v) is 7.00. The maximum absolute atomic E-state index is 12.9. The lowest BCUT2D eigenvalue weighted by Crippen LogP contribution is -2.26. The summed E-state index contributed by atoms with van der Waals surface area (Å²) in [5.74, 6) is -0.704. The van der Waals surface area contributed by atoms with E-state index in [0.717, 1.165) is 35.8 Å². The quantitative estimate of drug-likeness (QED) is 0.338. The molecule has 31 heavy (non-hydrogen) atoms. The molecule has 0 spiro atoms. The number of carbonyl (C=O) groups excluding carboxylic acids is 2. The molecule has 9 heteroatoms. The van der Waals surface area contributed by atoms with Crippen molar-refractivity contribution >= 4 is 45.5 Å². The Morgan fingerprint density at radius 2 is 2.06 bits per heavy atom. The van der Waals surface area contributed by atoms with Crippen molar-refractivity contribution in [2.75, 3.05) is 11.9 Å². The minimum Gasteiger partial charge on any atom is -0.462 e. The van der Waals surface area contributed by atoms with Gasteiger partial charge in [-0.15, -0.1) is 11.3 Å². The van der Waals surface area contributed by atoms with Crippen LogP contribution in [0.3, 0.4) is 0 Å². The molecule has 0 bridgehead atoms. The summed E-state index contributed by atoms with van der Waals surface area (Å²) in [7, 11) is 0. The first-order chi connectivity index (χ1) is 14.5. The number of hydrogen-bond donors (Lipinski definition) is 1. The molecule has 1 heterocycles. The standard InChI is InChI=1S/C22H25ClN2O5S/c1-5-30-21(27)18-15-8-6-12(22(2,3)4)10-17(15)31-20(18)24-19(26)14-9-7-13(23)11-16(14)25(28)29/h7,9,11-12H,5-6,8,10H2,1-4H3,(H,24,26)/t12-/m0/s1. The number of fused-ring (bicyclic) bond motifs is 1. The van der Waals surface area contributed by atoms with Crippen LogP contribution in [0.5, 0.6) is 0 Å². The van der Waals surface area contributed by atoms with Crippen molar-refractivity contribution in [2.45, 2.75) is 47.0 Å². The van der Waals surface area contributed by atoms with Gasteiger partial charge in [-0.25, -0.2) is 4.79 Å². The summed E-state index contributed by atoms with van der Waals surface area (Å²) in [6, 6.07) is 3.86. The molecule has 0 saturated heterocycles. The molecule has 1 N–H and O–H groups in total. The zero-order valence-corrected chi connectivity index (χ0v) is 19.5. The highest BCUT2D eigenvalue weighted by atomic mass is 35.5. The smallest absolute Gasteiger partial charge is 0.341 e. The van der Waals surface area contributed by atoms with Crippen molar-refractivity contribution < 1.29 is 19.2 Å². The molecule has 0 unspecified atom stereocenters. The Hall–Kier alpha value is -2.45. The van der Waals surface area contributed by atoms with Gasteiger partial charge in [-0.3, -0.25) is 14.9 Å². The Bertz CT molecular complexity index is 1040. The van der Waals surface area contributed by atoms with E-state index >= 15 is 0 Å². The zero-order chi connectivity index (χ0) is 22.9. The van der Waals surface area contributed by atoms with E-state index in [-0.39, 0.29) is 22.6 Å². The minimum absolute atomic E-state index is 0.122. The summed E-state index contributed by atoms with van der Waals surface area (Å²) in [4.78, 5) is 37.4. The van der Waals surface area contributed by atoms with Crippen molar-refractivity contribution in [3.05, 3.63) is 54.9 Å². The molecule has 1 atom stereocenters. The van der Waals surface area contributed by atoms with Gasteiger partial charge in [-0.2, -0.15) is 0 Å². The number of anilines is 1. The van der Waals surface area contributed by atoms with Crippen LogP contribution in [0.25, 0.3) is 0 Å². The highest BCUT2D eigenvalue weighted by Gasteiger charge is 2.35. The number of amides is 1. The lowest BCUT2D eigenvalue weighted by Gasteiger charge is -2.33. The fourth-order valence-electron chi connectivity index (χ4n) is 3.85. The second kappa shape index (κ2) is 8.96. The van der Waals surface area contributed by atoms with Crippen LogP contribution in [-0.2, 0) is 17.6 Å². The number of nitrogens with one attached hydrogen (secondary N) is 1. The fourth-order valence-corrected chi connectivity index (χ4v) is 5.33. The van der Waals surface area contributed by atoms with Gasteiger partial charge in [0, 0.05) is 16.0 Å². The number of halogens is 1. The van der Waals surface area contributed by atoms with E-state index in [9.17, 15) is 19.7 Å². The number of nitro groups is 1. The van der Waals surface area contributed by atoms with Gasteiger partial charge in [-0.1, -0.05) is 32.4 Å². The van der Waals surface area contributed by atoms with Crippen LogP contribution in [0.15, 0.2) is 18.2 Å². The first-order valence-corrected chi connectivity index (χ1v) is 11.3. The third kappa shape index (κ3) is 4.91. The van der Waals surface area contributed by atoms with E-state index in [2.05, 4.69) is 26.1 Å². The predicted octanol–water partition coefficient (Wildman–Crippen LogP) is 5.89. The Labute approximate surface area is 189 Å². The largest absolute Gasteiger partial charge is 0.462 e. The zero-order valence-electron chi connectivity index (χ0n) is 17.9. The molecule has 7 nitrogen and oxygen atoms in total. The van der Waals surface area contributed by atoms with Gasteiger partial charge in [-0.05, 0) is 55.2 Å². The highest BCUT2D eigenvalue weighted by molar-refractivity contribution is 7.17.